The Bertz CT molecular complexity index is 2050. The normalized spacial score (nSPS) is 20.1. The van der Waals surface area contributed by atoms with E-state index in [-0.39, 0.29) is 17.2 Å². The first kappa shape index (κ1) is 37.2. The summed E-state index contributed by atoms with van der Waals surface area (Å²) in [5.41, 5.74) is 14.2. The maximum absolute atomic E-state index is 5.59. The fourth-order valence-electron chi connectivity index (χ4n) is 10.8. The van der Waals surface area contributed by atoms with E-state index >= 15 is 0 Å². The third-order valence-corrected chi connectivity index (χ3v) is 112. The van der Waals surface area contributed by atoms with Crippen LogP contribution in [0, 0.1) is 0 Å². The summed E-state index contributed by atoms with van der Waals surface area (Å²) in [7, 11) is 0. The van der Waals surface area contributed by atoms with Gasteiger partial charge in [0.25, 0.3) is 0 Å². The van der Waals surface area contributed by atoms with E-state index in [1.54, 1.807) is 0 Å². The Morgan fingerprint density at radius 1 is 0.460 bits per heavy atom. The van der Waals surface area contributed by atoms with Gasteiger partial charge in [-0.05, 0) is 0 Å². The molecule has 0 heterocycles. The van der Waals surface area contributed by atoms with Crippen LogP contribution in [0.25, 0.3) is 34.4 Å². The van der Waals surface area contributed by atoms with E-state index in [1.807, 2.05) is 0 Å². The van der Waals surface area contributed by atoms with Gasteiger partial charge in [0.15, 0.2) is 0 Å². The second-order valence-electron chi connectivity index (χ2n) is 22.4. The molecule has 0 bridgehead atoms. The summed E-state index contributed by atoms with van der Waals surface area (Å²) in [4.78, 5) is 0. The minimum absolute atomic E-state index is 0.0165. The SMILES string of the molecule is CC(C)(C)c1ccc(-c2cccc3c2C=C[CH]3[Hf]([CH3])([CH3])(=[SiH2])([CH]2C=Cc3c(-c4ccc(C(C)(C)C)cc4)cccc32)([C](C)(C)C)[C](C)(C)C)cc1. The zero-order valence-electron chi connectivity index (χ0n) is 33.8. The van der Waals surface area contributed by atoms with Crippen LogP contribution >= 0.6 is 0 Å². The first-order valence-corrected chi connectivity index (χ1v) is 42.3. The molecule has 264 valence electrons. The van der Waals surface area contributed by atoms with Gasteiger partial charge in [-0.2, -0.15) is 0 Å². The van der Waals surface area contributed by atoms with Gasteiger partial charge in [0.1, 0.15) is 0 Å². The van der Waals surface area contributed by atoms with Gasteiger partial charge in [-0.1, -0.05) is 0 Å². The average Bonchev–Trinajstić information content (AvgIpc) is 3.66. The van der Waals surface area contributed by atoms with Gasteiger partial charge in [-0.25, -0.2) is 0 Å². The molecular weight excluding hydrogens is 783 g/mol. The van der Waals surface area contributed by atoms with E-state index in [4.69, 9.17) is 0 Å². The zero-order chi connectivity index (χ0) is 37.0. The third kappa shape index (κ3) is 4.36. The Hall–Kier alpha value is -2.55. The summed E-state index contributed by atoms with van der Waals surface area (Å²) in [6, 6.07) is 33.0. The molecular formula is C48H64HfSi. The van der Waals surface area contributed by atoms with Crippen LogP contribution in [0.3, 0.4) is 0 Å². The van der Waals surface area contributed by atoms with Crippen molar-refractivity contribution >= 4 is 19.1 Å². The number of hydrogen-bond donors (Lipinski definition) is 0. The van der Waals surface area contributed by atoms with Crippen molar-refractivity contribution in [3.8, 4) is 22.3 Å². The Balaban J connectivity index is 1.62. The molecule has 4 aromatic rings. The molecule has 2 aliphatic rings. The van der Waals surface area contributed by atoms with Crippen LogP contribution in [-0.4, -0.2) is 6.94 Å². The molecule has 6 rings (SSSR count). The molecule has 2 unspecified atom stereocenters. The number of allylic oxidation sites excluding steroid dienone is 2. The number of benzene rings is 4. The molecule has 0 saturated carbocycles. The molecule has 0 fully saturated rings. The van der Waals surface area contributed by atoms with Crippen molar-refractivity contribution in [1.29, 1.82) is 0 Å². The molecule has 0 spiro atoms. The van der Waals surface area contributed by atoms with Crippen LogP contribution in [0.4, 0.5) is 0 Å². The van der Waals surface area contributed by atoms with Gasteiger partial charge in [0.2, 0.25) is 0 Å². The summed E-state index contributed by atoms with van der Waals surface area (Å²) in [5, 5.41) is 0. The monoisotopic (exact) mass is 848 g/mol. The zero-order valence-corrected chi connectivity index (χ0v) is 38.8. The molecule has 4 aromatic carbocycles. The van der Waals surface area contributed by atoms with E-state index in [2.05, 4.69) is 209 Å². The van der Waals surface area contributed by atoms with Crippen molar-refractivity contribution in [2.45, 2.75) is 117 Å². The Morgan fingerprint density at radius 3 is 1.06 bits per heavy atom. The van der Waals surface area contributed by atoms with Crippen molar-refractivity contribution < 1.29 is 14.2 Å². The molecule has 0 saturated heterocycles. The Morgan fingerprint density at radius 2 is 0.780 bits per heavy atom. The standard InChI is InChI=1S/2C19H19.2C4H9.2CH3.Hf.H2Si/c2*1-19(2,3)16-12-10-15(11-13-16)18-9-5-7-14-6-4-8-17(14)18;2*1-4(2)3;;;;/h2*4-13H,1-3H3;2*1-3H3;2*1H3;;1H2. The fourth-order valence-corrected chi connectivity index (χ4v) is 57.5. The quantitative estimate of drug-likeness (QED) is 0.180. The van der Waals surface area contributed by atoms with E-state index in [1.165, 1.54) is 55.6 Å². The summed E-state index contributed by atoms with van der Waals surface area (Å²) in [6.45, 7) is 32.0. The summed E-state index contributed by atoms with van der Waals surface area (Å²) in [6.07, 6.45) is 10.4. The topological polar surface area (TPSA) is 0 Å². The van der Waals surface area contributed by atoms with Crippen LogP contribution in [0.5, 0.6) is 0 Å². The van der Waals surface area contributed by atoms with E-state index in [0.29, 0.717) is 7.35 Å². The van der Waals surface area contributed by atoms with Crippen molar-refractivity contribution in [2.24, 2.45) is 0 Å². The van der Waals surface area contributed by atoms with E-state index in [0.717, 1.165) is 0 Å². The summed E-state index contributed by atoms with van der Waals surface area (Å²) < 4.78 is 6.46. The van der Waals surface area contributed by atoms with Gasteiger partial charge in [0, 0.05) is 0 Å². The average molecular weight is 848 g/mol. The molecule has 0 radical (unpaired) electrons. The van der Waals surface area contributed by atoms with Gasteiger partial charge in [0.05, 0.1) is 0 Å². The number of rotatable bonds is 4. The summed E-state index contributed by atoms with van der Waals surface area (Å²) >= 11 is -5.59. The fraction of sp³-hybridized carbons (Fsp3) is 0.417. The van der Waals surface area contributed by atoms with Gasteiger partial charge >= 0.3 is 303 Å². The van der Waals surface area contributed by atoms with Crippen LogP contribution in [-0.2, 0) is 25.0 Å². The predicted octanol–water partition coefficient (Wildman–Crippen LogP) is 14.3. The Labute approximate surface area is 301 Å². The molecule has 2 heteroatoms. The summed E-state index contributed by atoms with van der Waals surface area (Å²) in [5.74, 6) is 0. The maximum atomic E-state index is 2.90. The second kappa shape index (κ2) is 10.3. The molecule has 0 nitrogen and oxygen atoms in total. The van der Waals surface area contributed by atoms with Crippen LogP contribution in [0.1, 0.15) is 124 Å². The molecule has 0 aromatic heterocycles. The van der Waals surface area contributed by atoms with Gasteiger partial charge in [-0.3, -0.25) is 0 Å². The van der Waals surface area contributed by atoms with E-state index in [9.17, 15) is 0 Å². The molecule has 2 aliphatic carbocycles. The molecule has 50 heavy (non-hydrogen) atoms. The van der Waals surface area contributed by atoms with Gasteiger partial charge in [-0.15, -0.1) is 0 Å². The van der Waals surface area contributed by atoms with Crippen LogP contribution in [0.2, 0.25) is 15.7 Å². The second-order valence-corrected chi connectivity index (χ2v) is 97.6. The molecule has 0 N–H and O–H groups in total. The molecule has 0 amide bonds. The van der Waals surface area contributed by atoms with Crippen molar-refractivity contribution in [1.82, 2.24) is 0 Å². The van der Waals surface area contributed by atoms with Crippen molar-refractivity contribution in [3.63, 3.8) is 0 Å². The van der Waals surface area contributed by atoms with Crippen LogP contribution < -0.4 is 0 Å². The third-order valence-electron chi connectivity index (χ3n) is 17.2. The van der Waals surface area contributed by atoms with Crippen molar-refractivity contribution in [3.05, 3.63) is 130 Å². The van der Waals surface area contributed by atoms with E-state index < -0.39 is 14.2 Å². The molecule has 0 aliphatic heterocycles. The van der Waals surface area contributed by atoms with Crippen LogP contribution in [0.15, 0.2) is 97.1 Å². The first-order chi connectivity index (χ1) is 22.7. The van der Waals surface area contributed by atoms with Gasteiger partial charge < -0.3 is 0 Å². The predicted molar refractivity (Wildman–Crippen MR) is 224 cm³/mol. The first-order valence-electron chi connectivity index (χ1n) is 19.0. The Kier molecular flexibility index (Phi) is 7.68. The van der Waals surface area contributed by atoms with Crippen molar-refractivity contribution in [2.75, 3.05) is 0 Å². The molecule has 2 atom stereocenters. The number of fused-ring (bicyclic) bond motifs is 2. The minimum atomic E-state index is -5.59. The number of hydrogen-bond acceptors (Lipinski definition) is 0.